The Morgan fingerprint density at radius 2 is 1.97 bits per heavy atom. The zero-order valence-electron chi connectivity index (χ0n) is 16.9. The zero-order chi connectivity index (χ0) is 21.1. The maximum Gasteiger partial charge on any atom is 0.274 e. The molecule has 3 aromatic rings. The number of anilines is 1. The standard InChI is InChI=1S/C24H25FN4O/c1-15-9-10-16(13-20(15)26)17-11-12-27-14-23(17)29-24(30)22-8-4-7-21(28-22)18-5-2-3-6-19(18)25/h2-8,11-12,14-16,20H,9-10,13,26H2,1H3,(H,29,30)/t15-,16+,20+/m0/s1. The predicted octanol–water partition coefficient (Wildman–Crippen LogP) is 4.77. The molecule has 4 rings (SSSR count). The van der Waals surface area contributed by atoms with Crippen LogP contribution in [0.25, 0.3) is 11.3 Å². The number of nitrogens with zero attached hydrogens (tertiary/aromatic N) is 2. The molecule has 1 fully saturated rings. The summed E-state index contributed by atoms with van der Waals surface area (Å²) in [4.78, 5) is 21.5. The number of halogens is 1. The largest absolute Gasteiger partial charge is 0.327 e. The first-order valence-corrected chi connectivity index (χ1v) is 10.3. The molecule has 3 atom stereocenters. The minimum absolute atomic E-state index is 0.152. The van der Waals surface area contributed by atoms with Crippen LogP contribution >= 0.6 is 0 Å². The molecule has 0 saturated heterocycles. The van der Waals surface area contributed by atoms with E-state index in [0.717, 1.165) is 24.8 Å². The number of nitrogens with one attached hydrogen (secondary N) is 1. The molecule has 1 aliphatic rings. The van der Waals surface area contributed by atoms with E-state index >= 15 is 0 Å². The summed E-state index contributed by atoms with van der Waals surface area (Å²) in [5, 5.41) is 2.94. The van der Waals surface area contributed by atoms with Gasteiger partial charge in [-0.25, -0.2) is 9.37 Å². The third kappa shape index (κ3) is 4.24. The number of pyridine rings is 2. The minimum atomic E-state index is -0.375. The van der Waals surface area contributed by atoms with Gasteiger partial charge in [0.2, 0.25) is 0 Å². The van der Waals surface area contributed by atoms with Gasteiger partial charge in [0.05, 0.1) is 17.6 Å². The number of hydrogen-bond acceptors (Lipinski definition) is 4. The lowest BCUT2D eigenvalue weighted by atomic mass is 9.76. The van der Waals surface area contributed by atoms with Gasteiger partial charge in [-0.05, 0) is 67.0 Å². The molecule has 3 N–H and O–H groups in total. The van der Waals surface area contributed by atoms with Crippen LogP contribution in [0, 0.1) is 11.7 Å². The van der Waals surface area contributed by atoms with E-state index in [1.54, 1.807) is 48.8 Å². The van der Waals surface area contributed by atoms with Gasteiger partial charge in [0.25, 0.3) is 5.91 Å². The summed E-state index contributed by atoms with van der Waals surface area (Å²) in [6.45, 7) is 2.18. The molecule has 2 aromatic heterocycles. The number of rotatable bonds is 4. The van der Waals surface area contributed by atoms with Gasteiger partial charge in [-0.15, -0.1) is 0 Å². The highest BCUT2D eigenvalue weighted by molar-refractivity contribution is 6.03. The first-order chi connectivity index (χ1) is 14.5. The Labute approximate surface area is 175 Å². The fourth-order valence-corrected chi connectivity index (χ4v) is 4.07. The summed E-state index contributed by atoms with van der Waals surface area (Å²) in [7, 11) is 0. The highest BCUT2D eigenvalue weighted by Gasteiger charge is 2.28. The molecule has 1 saturated carbocycles. The molecule has 0 radical (unpaired) electrons. The van der Waals surface area contributed by atoms with Gasteiger partial charge in [0.1, 0.15) is 11.5 Å². The van der Waals surface area contributed by atoms with Crippen molar-refractivity contribution < 1.29 is 9.18 Å². The summed E-state index contributed by atoms with van der Waals surface area (Å²) < 4.78 is 14.1. The summed E-state index contributed by atoms with van der Waals surface area (Å²) >= 11 is 0. The second-order valence-electron chi connectivity index (χ2n) is 7.96. The number of benzene rings is 1. The smallest absolute Gasteiger partial charge is 0.274 e. The fraction of sp³-hybridized carbons (Fsp3) is 0.292. The molecule has 30 heavy (non-hydrogen) atoms. The van der Waals surface area contributed by atoms with Gasteiger partial charge in [0, 0.05) is 17.8 Å². The van der Waals surface area contributed by atoms with Crippen LogP contribution in [0.5, 0.6) is 0 Å². The summed E-state index contributed by atoms with van der Waals surface area (Å²) in [5.41, 5.74) is 9.01. The average Bonchev–Trinajstić information content (AvgIpc) is 2.76. The number of amides is 1. The van der Waals surface area contributed by atoms with Crippen molar-refractivity contribution in [1.29, 1.82) is 0 Å². The Morgan fingerprint density at radius 3 is 2.77 bits per heavy atom. The van der Waals surface area contributed by atoms with Crippen molar-refractivity contribution in [3.63, 3.8) is 0 Å². The van der Waals surface area contributed by atoms with Crippen molar-refractivity contribution in [3.8, 4) is 11.3 Å². The van der Waals surface area contributed by atoms with E-state index in [1.165, 1.54) is 6.07 Å². The highest BCUT2D eigenvalue weighted by Crippen LogP contribution is 2.37. The van der Waals surface area contributed by atoms with Crippen molar-refractivity contribution in [2.75, 3.05) is 5.32 Å². The molecule has 5 nitrogen and oxygen atoms in total. The lowest BCUT2D eigenvalue weighted by Crippen LogP contribution is -2.34. The Bertz CT molecular complexity index is 1050. The molecule has 0 bridgehead atoms. The first-order valence-electron chi connectivity index (χ1n) is 10.3. The minimum Gasteiger partial charge on any atom is -0.327 e. The number of aromatic nitrogens is 2. The Hall–Kier alpha value is -3.12. The quantitative estimate of drug-likeness (QED) is 0.657. The zero-order valence-corrected chi connectivity index (χ0v) is 16.9. The molecule has 0 aliphatic heterocycles. The molecular formula is C24H25FN4O. The fourth-order valence-electron chi connectivity index (χ4n) is 4.07. The van der Waals surface area contributed by atoms with E-state index in [1.807, 2.05) is 6.07 Å². The molecule has 6 heteroatoms. The molecule has 1 aliphatic carbocycles. The third-order valence-corrected chi connectivity index (χ3v) is 5.93. The van der Waals surface area contributed by atoms with Crippen LogP contribution in [0.4, 0.5) is 10.1 Å². The Morgan fingerprint density at radius 1 is 1.13 bits per heavy atom. The number of carbonyl (C=O) groups is 1. The number of nitrogens with two attached hydrogens (primary N) is 1. The van der Waals surface area contributed by atoms with Gasteiger partial charge >= 0.3 is 0 Å². The van der Waals surface area contributed by atoms with Crippen LogP contribution in [0.1, 0.15) is 48.2 Å². The monoisotopic (exact) mass is 404 g/mol. The lowest BCUT2D eigenvalue weighted by Gasteiger charge is -2.32. The molecule has 2 heterocycles. The van der Waals surface area contributed by atoms with Gasteiger partial charge < -0.3 is 11.1 Å². The van der Waals surface area contributed by atoms with E-state index in [2.05, 4.69) is 22.2 Å². The van der Waals surface area contributed by atoms with Gasteiger partial charge in [0.15, 0.2) is 0 Å². The number of carbonyl (C=O) groups excluding carboxylic acids is 1. The van der Waals surface area contributed by atoms with Crippen molar-refractivity contribution in [1.82, 2.24) is 9.97 Å². The predicted molar refractivity (Wildman–Crippen MR) is 116 cm³/mol. The number of hydrogen-bond donors (Lipinski definition) is 2. The van der Waals surface area contributed by atoms with Crippen molar-refractivity contribution in [2.45, 2.75) is 38.1 Å². The van der Waals surface area contributed by atoms with E-state index in [9.17, 15) is 9.18 Å². The van der Waals surface area contributed by atoms with Crippen LogP contribution in [-0.4, -0.2) is 21.9 Å². The maximum atomic E-state index is 14.1. The SMILES string of the molecule is C[C@H]1CC[C@@H](c2ccncc2NC(=O)c2cccc(-c3ccccc3F)n2)C[C@H]1N. The molecule has 0 unspecified atom stereocenters. The average molecular weight is 404 g/mol. The van der Waals surface area contributed by atoms with Gasteiger partial charge in [-0.3, -0.25) is 9.78 Å². The second kappa shape index (κ2) is 8.71. The van der Waals surface area contributed by atoms with E-state index < -0.39 is 0 Å². The summed E-state index contributed by atoms with van der Waals surface area (Å²) in [6.07, 6.45) is 6.38. The summed E-state index contributed by atoms with van der Waals surface area (Å²) in [6, 6.07) is 13.5. The Balaban J connectivity index is 1.57. The lowest BCUT2D eigenvalue weighted by molar-refractivity contribution is 0.102. The Kier molecular flexibility index (Phi) is 5.86. The van der Waals surface area contributed by atoms with E-state index in [0.29, 0.717) is 22.9 Å². The van der Waals surface area contributed by atoms with Crippen molar-refractivity contribution in [3.05, 3.63) is 78.0 Å². The molecular weight excluding hydrogens is 379 g/mol. The van der Waals surface area contributed by atoms with Crippen LogP contribution < -0.4 is 11.1 Å². The van der Waals surface area contributed by atoms with Crippen LogP contribution in [-0.2, 0) is 0 Å². The van der Waals surface area contributed by atoms with Crippen LogP contribution in [0.3, 0.4) is 0 Å². The summed E-state index contributed by atoms with van der Waals surface area (Å²) in [5.74, 6) is 0.0644. The van der Waals surface area contributed by atoms with E-state index in [-0.39, 0.29) is 29.4 Å². The van der Waals surface area contributed by atoms with E-state index in [4.69, 9.17) is 5.73 Å². The van der Waals surface area contributed by atoms with Crippen molar-refractivity contribution >= 4 is 11.6 Å². The van der Waals surface area contributed by atoms with Crippen molar-refractivity contribution in [2.24, 2.45) is 11.7 Å². The molecule has 0 spiro atoms. The van der Waals surface area contributed by atoms with Crippen LogP contribution in [0.15, 0.2) is 60.9 Å². The topological polar surface area (TPSA) is 80.9 Å². The normalized spacial score (nSPS) is 21.2. The molecule has 1 aromatic carbocycles. The molecule has 154 valence electrons. The first kappa shape index (κ1) is 20.2. The maximum absolute atomic E-state index is 14.1. The van der Waals surface area contributed by atoms with Crippen LogP contribution in [0.2, 0.25) is 0 Å². The molecule has 1 amide bonds. The van der Waals surface area contributed by atoms with Gasteiger partial charge in [-0.2, -0.15) is 0 Å². The third-order valence-electron chi connectivity index (χ3n) is 5.93. The second-order valence-corrected chi connectivity index (χ2v) is 7.96. The van der Waals surface area contributed by atoms with Gasteiger partial charge in [-0.1, -0.05) is 25.1 Å². The highest BCUT2D eigenvalue weighted by atomic mass is 19.1.